The van der Waals surface area contributed by atoms with E-state index in [2.05, 4.69) is 15.4 Å². The summed E-state index contributed by atoms with van der Waals surface area (Å²) in [6, 6.07) is 11.5. The Hall–Kier alpha value is -3.88. The fraction of sp³-hybridized carbons (Fsp3) is 0.200. The monoisotopic (exact) mass is 396 g/mol. The maximum atomic E-state index is 12.3. The number of aromatic nitrogens is 3. The average Bonchev–Trinajstić information content (AvgIpc) is 2.75. The molecule has 0 saturated carbocycles. The normalized spacial score (nSPS) is 10.3. The van der Waals surface area contributed by atoms with Crippen LogP contribution in [0.25, 0.3) is 11.3 Å². The van der Waals surface area contributed by atoms with Gasteiger partial charge in [0.15, 0.2) is 11.5 Å². The first-order valence-electron chi connectivity index (χ1n) is 8.64. The fourth-order valence-corrected chi connectivity index (χ4v) is 2.62. The van der Waals surface area contributed by atoms with Crippen LogP contribution in [0.5, 0.6) is 17.4 Å². The minimum Gasteiger partial charge on any atom is -0.493 e. The first-order valence-corrected chi connectivity index (χ1v) is 8.64. The van der Waals surface area contributed by atoms with Crippen molar-refractivity contribution in [2.75, 3.05) is 26.6 Å². The predicted octanol–water partition coefficient (Wildman–Crippen LogP) is 1.97. The van der Waals surface area contributed by atoms with E-state index >= 15 is 0 Å². The van der Waals surface area contributed by atoms with Gasteiger partial charge in [-0.1, -0.05) is 0 Å². The van der Waals surface area contributed by atoms with Crippen LogP contribution in [0.3, 0.4) is 0 Å². The van der Waals surface area contributed by atoms with Gasteiger partial charge >= 0.3 is 0 Å². The molecule has 9 heteroatoms. The van der Waals surface area contributed by atoms with E-state index < -0.39 is 11.5 Å². The van der Waals surface area contributed by atoms with E-state index in [1.54, 1.807) is 43.5 Å². The summed E-state index contributed by atoms with van der Waals surface area (Å²) >= 11 is 0. The van der Waals surface area contributed by atoms with Gasteiger partial charge in [-0.3, -0.25) is 9.59 Å². The van der Waals surface area contributed by atoms with Gasteiger partial charge in [-0.05, 0) is 30.3 Å². The largest absolute Gasteiger partial charge is 0.493 e. The molecule has 0 spiro atoms. The van der Waals surface area contributed by atoms with Gasteiger partial charge in [-0.2, -0.15) is 5.10 Å². The second kappa shape index (κ2) is 8.87. The Balaban J connectivity index is 1.80. The Morgan fingerprint density at radius 1 is 1.00 bits per heavy atom. The third-order valence-electron chi connectivity index (χ3n) is 4.07. The molecule has 1 aromatic carbocycles. The smallest absolute Gasteiger partial charge is 0.267 e. The molecular weight excluding hydrogens is 376 g/mol. The van der Waals surface area contributed by atoms with Crippen molar-refractivity contribution in [3.63, 3.8) is 0 Å². The molecule has 0 aliphatic carbocycles. The van der Waals surface area contributed by atoms with Crippen molar-refractivity contribution in [1.29, 1.82) is 0 Å². The Bertz CT molecular complexity index is 1060. The molecule has 0 fully saturated rings. The second-order valence-electron chi connectivity index (χ2n) is 5.92. The molecule has 2 heterocycles. The van der Waals surface area contributed by atoms with E-state index in [-0.39, 0.29) is 6.54 Å². The Morgan fingerprint density at radius 3 is 2.45 bits per heavy atom. The van der Waals surface area contributed by atoms with Crippen LogP contribution in [0.4, 0.5) is 5.69 Å². The molecular formula is C20H20N4O5. The number of ether oxygens (including phenoxy) is 3. The van der Waals surface area contributed by atoms with Crippen LogP contribution in [0.2, 0.25) is 0 Å². The van der Waals surface area contributed by atoms with Crippen molar-refractivity contribution < 1.29 is 19.0 Å². The van der Waals surface area contributed by atoms with Crippen molar-refractivity contribution in [2.24, 2.45) is 0 Å². The molecule has 1 N–H and O–H groups in total. The molecule has 0 bridgehead atoms. The molecule has 29 heavy (non-hydrogen) atoms. The maximum absolute atomic E-state index is 12.3. The Morgan fingerprint density at radius 2 is 1.79 bits per heavy atom. The van der Waals surface area contributed by atoms with Crippen LogP contribution in [-0.2, 0) is 11.3 Å². The number of carbonyl (C=O) groups is 1. The number of nitrogens with zero attached hydrogens (tertiary/aromatic N) is 3. The van der Waals surface area contributed by atoms with Crippen LogP contribution in [-0.4, -0.2) is 42.0 Å². The molecule has 2 aromatic heterocycles. The zero-order valence-corrected chi connectivity index (χ0v) is 16.2. The van der Waals surface area contributed by atoms with E-state index in [9.17, 15) is 9.59 Å². The van der Waals surface area contributed by atoms with Gasteiger partial charge in [0.25, 0.3) is 5.56 Å². The lowest BCUT2D eigenvalue weighted by Gasteiger charge is -2.11. The highest BCUT2D eigenvalue weighted by molar-refractivity contribution is 5.90. The van der Waals surface area contributed by atoms with E-state index in [1.807, 2.05) is 0 Å². The van der Waals surface area contributed by atoms with Gasteiger partial charge < -0.3 is 19.5 Å². The third kappa shape index (κ3) is 4.70. The molecule has 0 aliphatic heterocycles. The van der Waals surface area contributed by atoms with Crippen LogP contribution >= 0.6 is 0 Å². The minimum atomic E-state index is -0.406. The highest BCUT2D eigenvalue weighted by Gasteiger charge is 2.11. The number of pyridine rings is 1. The number of hydrogen-bond acceptors (Lipinski definition) is 7. The molecule has 1 amide bonds. The first-order chi connectivity index (χ1) is 14.0. The molecule has 0 unspecified atom stereocenters. The number of methoxy groups -OCH3 is 3. The van der Waals surface area contributed by atoms with E-state index in [0.29, 0.717) is 28.8 Å². The lowest BCUT2D eigenvalue weighted by molar-refractivity contribution is -0.117. The number of nitrogens with one attached hydrogen (secondary N) is 1. The molecule has 0 aliphatic rings. The summed E-state index contributed by atoms with van der Waals surface area (Å²) in [6.45, 7) is -0.244. The Kier molecular flexibility index (Phi) is 6.08. The molecule has 3 aromatic rings. The maximum Gasteiger partial charge on any atom is 0.267 e. The highest BCUT2D eigenvalue weighted by atomic mass is 16.5. The minimum absolute atomic E-state index is 0.244. The molecule has 150 valence electrons. The van der Waals surface area contributed by atoms with E-state index in [0.717, 1.165) is 10.2 Å². The summed E-state index contributed by atoms with van der Waals surface area (Å²) in [6.07, 6.45) is 1.47. The van der Waals surface area contributed by atoms with Crippen LogP contribution in [0, 0.1) is 0 Å². The molecule has 0 radical (unpaired) electrons. The van der Waals surface area contributed by atoms with E-state index in [4.69, 9.17) is 14.2 Å². The number of carbonyl (C=O) groups excluding carboxylic acids is 1. The average molecular weight is 396 g/mol. The number of rotatable bonds is 7. The molecule has 0 atom stereocenters. The summed E-state index contributed by atoms with van der Waals surface area (Å²) in [5.74, 6) is 1.14. The zero-order chi connectivity index (χ0) is 20.8. The quantitative estimate of drug-likeness (QED) is 0.651. The summed E-state index contributed by atoms with van der Waals surface area (Å²) in [7, 11) is 4.59. The molecule has 9 nitrogen and oxygen atoms in total. The summed E-state index contributed by atoms with van der Waals surface area (Å²) < 4.78 is 16.6. The fourth-order valence-electron chi connectivity index (χ4n) is 2.62. The topological polar surface area (TPSA) is 105 Å². The first kappa shape index (κ1) is 19.9. The predicted molar refractivity (Wildman–Crippen MR) is 106 cm³/mol. The van der Waals surface area contributed by atoms with Gasteiger partial charge in [0, 0.05) is 17.7 Å². The number of amides is 1. The van der Waals surface area contributed by atoms with Gasteiger partial charge in [0.1, 0.15) is 6.54 Å². The molecule has 0 saturated heterocycles. The summed E-state index contributed by atoms with van der Waals surface area (Å²) in [5, 5.41) is 6.96. The van der Waals surface area contributed by atoms with Crippen molar-refractivity contribution in [1.82, 2.24) is 14.8 Å². The number of anilines is 1. The molecule has 3 rings (SSSR count). The van der Waals surface area contributed by atoms with Gasteiger partial charge in [0.05, 0.1) is 38.9 Å². The highest BCUT2D eigenvalue weighted by Crippen LogP contribution is 2.31. The lowest BCUT2D eigenvalue weighted by atomic mass is 10.1. The third-order valence-corrected chi connectivity index (χ3v) is 4.07. The van der Waals surface area contributed by atoms with Gasteiger partial charge in [0.2, 0.25) is 11.8 Å². The van der Waals surface area contributed by atoms with Crippen molar-refractivity contribution in [3.8, 4) is 28.6 Å². The van der Waals surface area contributed by atoms with Crippen LogP contribution in [0.15, 0.2) is 53.5 Å². The lowest BCUT2D eigenvalue weighted by Crippen LogP contribution is -2.29. The van der Waals surface area contributed by atoms with Gasteiger partial charge in [-0.25, -0.2) is 9.67 Å². The van der Waals surface area contributed by atoms with Crippen molar-refractivity contribution in [2.45, 2.75) is 6.54 Å². The standard InChI is InChI=1S/C20H20N4O5/c1-27-16-7-4-13(10-17(16)28-2)15-6-9-20(26)24(23-15)12-18(25)22-14-5-8-19(29-3)21-11-14/h4-11H,12H2,1-3H3,(H,22,25). The number of hydrogen-bond donors (Lipinski definition) is 1. The van der Waals surface area contributed by atoms with Crippen molar-refractivity contribution >= 4 is 11.6 Å². The second-order valence-corrected chi connectivity index (χ2v) is 5.92. The van der Waals surface area contributed by atoms with Crippen LogP contribution < -0.4 is 25.1 Å². The summed E-state index contributed by atoms with van der Waals surface area (Å²) in [5.41, 5.74) is 1.33. The van der Waals surface area contributed by atoms with Gasteiger partial charge in [-0.15, -0.1) is 0 Å². The number of benzene rings is 1. The van der Waals surface area contributed by atoms with E-state index in [1.165, 1.54) is 26.5 Å². The van der Waals surface area contributed by atoms with Crippen LogP contribution in [0.1, 0.15) is 0 Å². The zero-order valence-electron chi connectivity index (χ0n) is 16.2. The van der Waals surface area contributed by atoms with Crippen molar-refractivity contribution in [3.05, 3.63) is 59.0 Å². The SMILES string of the molecule is COc1ccc(NC(=O)Cn2nc(-c3ccc(OC)c(OC)c3)ccc2=O)cn1. The Labute approximate surface area is 166 Å². The summed E-state index contributed by atoms with van der Waals surface area (Å²) in [4.78, 5) is 28.5.